The molecular weight excluding hydrogens is 1180 g/mol. The van der Waals surface area contributed by atoms with E-state index >= 15 is 0 Å². The molecule has 2 aliphatic rings. The predicted octanol–water partition coefficient (Wildman–Crippen LogP) is 3.36. The Morgan fingerprint density at radius 1 is 0.686 bits per heavy atom. The summed E-state index contributed by atoms with van der Waals surface area (Å²) in [6, 6.07) is 8.11. The number of benzene rings is 1. The van der Waals surface area contributed by atoms with Crippen LogP contribution in [0.4, 0.5) is 0 Å². The zero-order valence-corrected chi connectivity index (χ0v) is 46.3. The second kappa shape index (κ2) is 34.1. The molecule has 0 saturated heterocycles. The predicted molar refractivity (Wildman–Crippen MR) is 265 cm³/mol. The molecule has 1 aromatic carbocycles. The largest absolute Gasteiger partial charge is 0.328 e. The van der Waals surface area contributed by atoms with Crippen LogP contribution in [0.25, 0.3) is 44.4 Å². The van der Waals surface area contributed by atoms with Crippen molar-refractivity contribution in [2.45, 2.75) is 66.2 Å². The number of ether oxygens (including phenoxy) is 8. The topological polar surface area (TPSA) is 234 Å². The van der Waals surface area contributed by atoms with E-state index in [1.807, 2.05) is 18.3 Å². The van der Waals surface area contributed by atoms with Crippen molar-refractivity contribution in [3.8, 4) is 11.5 Å². The summed E-state index contributed by atoms with van der Waals surface area (Å²) in [5.74, 6) is 1.04. The first-order valence-corrected chi connectivity index (χ1v) is 30.2. The summed E-state index contributed by atoms with van der Waals surface area (Å²) in [6.45, 7) is 13.7. The van der Waals surface area contributed by atoms with Gasteiger partial charge in [-0.25, -0.2) is 0 Å². The number of aliphatic hydroxyl groups excluding tert-OH is 2. The van der Waals surface area contributed by atoms with Gasteiger partial charge in [0.2, 0.25) is 0 Å². The van der Waals surface area contributed by atoms with Gasteiger partial charge in [0.15, 0.2) is 0 Å². The Kier molecular flexibility index (Phi) is 29.7. The minimum Gasteiger partial charge on any atom is -0.328 e. The van der Waals surface area contributed by atoms with Gasteiger partial charge in [-0.2, -0.15) is 0 Å². The van der Waals surface area contributed by atoms with Crippen molar-refractivity contribution in [3.63, 3.8) is 0 Å². The van der Waals surface area contributed by atoms with E-state index in [1.165, 1.54) is 11.1 Å². The molecule has 2 aliphatic heterocycles. The van der Waals surface area contributed by atoms with Gasteiger partial charge in [0, 0.05) is 31.3 Å². The molecule has 389 valence electrons. The van der Waals surface area contributed by atoms with E-state index in [4.69, 9.17) is 73.2 Å². The molecule has 2 aromatic heterocycles. The van der Waals surface area contributed by atoms with E-state index in [-0.39, 0.29) is 43.5 Å². The number of rotatable bonds is 29. The van der Waals surface area contributed by atoms with E-state index in [9.17, 15) is 10.2 Å². The van der Waals surface area contributed by atoms with Crippen LogP contribution in [0.3, 0.4) is 0 Å². The Labute approximate surface area is 440 Å². The molecule has 3 N–H and O–H groups in total. The molecule has 0 spiro atoms. The maximum atomic E-state index is 9.94. The molecule has 0 amide bonds. The van der Waals surface area contributed by atoms with Crippen LogP contribution < -0.4 is 34.7 Å². The Morgan fingerprint density at radius 3 is 1.56 bits per heavy atom. The van der Waals surface area contributed by atoms with Crippen LogP contribution in [-0.4, -0.2) is 142 Å². The summed E-state index contributed by atoms with van der Waals surface area (Å²) in [5.41, 5.74) is 13.1. The van der Waals surface area contributed by atoms with Crippen molar-refractivity contribution < 1.29 is 95.8 Å². The van der Waals surface area contributed by atoms with Crippen molar-refractivity contribution in [1.29, 1.82) is 0 Å². The van der Waals surface area contributed by atoms with Crippen molar-refractivity contribution in [3.05, 3.63) is 80.7 Å². The Balaban J connectivity index is 0.00000249. The van der Waals surface area contributed by atoms with Gasteiger partial charge in [0.05, 0.1) is 19.8 Å². The zero-order valence-electron chi connectivity index (χ0n) is 40.8. The molecule has 22 heteroatoms. The number of aliphatic hydroxyl groups is 2. The number of hydrogen-bond acceptors (Lipinski definition) is 15. The molecule has 0 unspecified atom stereocenters. The van der Waals surface area contributed by atoms with Gasteiger partial charge in [-0.05, 0) is 0 Å². The second-order valence-electron chi connectivity index (χ2n) is 15.4. The van der Waals surface area contributed by atoms with Gasteiger partial charge >= 0.3 is 363 Å². The summed E-state index contributed by atoms with van der Waals surface area (Å²) in [5, 5.41) is 33.5. The van der Waals surface area contributed by atoms with Crippen LogP contribution in [0.5, 0.6) is 11.5 Å². The van der Waals surface area contributed by atoms with Gasteiger partial charge in [-0.1, -0.05) is 0 Å². The molecule has 0 aliphatic carbocycles. The Hall–Kier alpha value is -3.40. The number of aromatic nitrogens is 5. The standard InChI is InChI=1S/C48H66I2N5O10.Mn.HNO3/c1-7-35-36(8-2)40-28-42-38(12-10-14-57)34(4)45(54-42)32-55(50-49)46-30-48(65-26-24-63-22-20-61-18-16-59-6)47(64-25-23-62-21-19-60-17-15-58-5)29-43(46)51-31-44-33(3)37(11-9-13-56)41(53-44)27-39(35)52-40;;2-1(3)4/h27-32,56-57H,7-26H2,1-6H3;;(H,2,3,4)/q-1;;. The maximum absolute atomic E-state index is 9.94. The molecule has 0 saturated carbocycles. The molecule has 4 heterocycles. The molecule has 5 rings (SSSR count). The Morgan fingerprint density at radius 2 is 1.11 bits per heavy atom. The van der Waals surface area contributed by atoms with Crippen LogP contribution in [0.2, 0.25) is 0 Å². The third-order valence-corrected chi connectivity index (χ3v) is 14.7. The fourth-order valence-electron chi connectivity index (χ4n) is 7.50. The van der Waals surface area contributed by atoms with Crippen molar-refractivity contribution >= 4 is 63.0 Å². The number of nitrogens with zero attached hydrogens (tertiary/aromatic N) is 6. The number of methoxy groups -OCH3 is 2. The van der Waals surface area contributed by atoms with Gasteiger partial charge in [0.1, 0.15) is 0 Å². The van der Waals surface area contributed by atoms with E-state index < -0.39 is 22.6 Å². The van der Waals surface area contributed by atoms with Crippen LogP contribution in [0, 0.1) is 10.1 Å². The minimum absolute atomic E-state index is 0. The SMILES string of the molecule is CCc1c(CC)c2cc3nc(c[n+]([I-]I)c4cc(OCCOCCOCCOC)c(OCCOCCOCCOC)cc4ncc4nc(cc1[n-]2)C(CCCO)=C4C)C(C)=C3CCCO.O=[N+]([O-])O.[Mn]. The quantitative estimate of drug-likeness (QED) is 0.0297. The van der Waals surface area contributed by atoms with Crippen molar-refractivity contribution in [2.75, 3.05) is 107 Å². The number of aryl methyl sites for hydroxylation is 2. The normalized spacial score (nSPS) is 12.2. The zero-order chi connectivity index (χ0) is 50.0. The first kappa shape index (κ1) is 60.9. The smallest absolute Gasteiger partial charge is 0.291 e. The summed E-state index contributed by atoms with van der Waals surface area (Å²) < 4.78 is 47.9. The molecule has 0 atom stereocenters. The third-order valence-electron chi connectivity index (χ3n) is 10.9. The maximum Gasteiger partial charge on any atom is 0.291 e. The Bertz CT molecular complexity index is 2390. The molecule has 3 aromatic rings. The second-order valence-corrected chi connectivity index (χ2v) is 19.2. The first-order valence-electron chi connectivity index (χ1n) is 23.0. The average Bonchev–Trinajstić information content (AvgIpc) is 3.94. The van der Waals surface area contributed by atoms with E-state index in [2.05, 4.69) is 67.4 Å². The fraction of sp³-hybridized carbons (Fsp3) is 0.542. The van der Waals surface area contributed by atoms with Crippen LogP contribution in [0.1, 0.15) is 87.3 Å². The summed E-state index contributed by atoms with van der Waals surface area (Å²) in [6.07, 6.45) is 8.11. The summed E-state index contributed by atoms with van der Waals surface area (Å²) in [4.78, 5) is 29.2. The van der Waals surface area contributed by atoms with Gasteiger partial charge in [-0.15, -0.1) is 10.1 Å². The number of halogens is 2. The molecule has 6 bridgehead atoms. The van der Waals surface area contributed by atoms with Crippen molar-refractivity contribution in [2.24, 2.45) is 0 Å². The number of hydrogen-bond donors (Lipinski definition) is 3. The summed E-state index contributed by atoms with van der Waals surface area (Å²) >= 11 is 1.80. The molecule has 70 heavy (non-hydrogen) atoms. The van der Waals surface area contributed by atoms with E-state index in [0.717, 1.165) is 74.5 Å². The van der Waals surface area contributed by atoms with Crippen LogP contribution in [-0.2, 0) is 58.3 Å². The molecular formula is C48H67I2MnN6O13-. The third kappa shape index (κ3) is 18.9. The molecule has 0 fully saturated rings. The first-order chi connectivity index (χ1) is 33.5. The molecule has 19 nitrogen and oxygen atoms in total. The number of allylic oxidation sites excluding steroid dienone is 4. The van der Waals surface area contributed by atoms with Crippen molar-refractivity contribution in [1.82, 2.24) is 19.9 Å². The summed E-state index contributed by atoms with van der Waals surface area (Å²) in [7, 11) is 3.29. The average molecular weight is 1240 g/mol. The van der Waals surface area contributed by atoms with E-state index in [1.54, 1.807) is 14.2 Å². The fourth-order valence-corrected chi connectivity index (χ4v) is 10.5. The number of fused-ring (bicyclic) bond motifs is 7. The van der Waals surface area contributed by atoms with Gasteiger partial charge in [0.25, 0.3) is 5.09 Å². The van der Waals surface area contributed by atoms with Gasteiger partial charge < -0.3 is 14.7 Å². The molecule has 1 radical (unpaired) electrons. The van der Waals surface area contributed by atoms with Crippen LogP contribution >= 0.6 is 18.6 Å². The van der Waals surface area contributed by atoms with Crippen LogP contribution in [0.15, 0.2) is 36.7 Å². The van der Waals surface area contributed by atoms with Gasteiger partial charge in [-0.3, -0.25) is 0 Å². The monoisotopic (exact) mass is 1240 g/mol. The van der Waals surface area contributed by atoms with E-state index in [0.29, 0.717) is 109 Å². The minimum atomic E-state index is -1.50.